The fourth-order valence-electron chi connectivity index (χ4n) is 1.84. The number of likely N-dealkylation sites (N-methyl/N-ethyl adjacent to an activating group) is 1. The number of hydrogen-bond donors (Lipinski definition) is 1. The van der Waals surface area contributed by atoms with E-state index < -0.39 is 6.10 Å². The lowest BCUT2D eigenvalue weighted by Gasteiger charge is -2.26. The van der Waals surface area contributed by atoms with Gasteiger partial charge in [-0.1, -0.05) is 12.2 Å². The first-order valence-electron chi connectivity index (χ1n) is 5.82. The molecule has 17 heavy (non-hydrogen) atoms. The molecule has 3 heteroatoms. The van der Waals surface area contributed by atoms with Gasteiger partial charge in [-0.25, -0.2) is 4.39 Å². The second kappa shape index (κ2) is 5.82. The summed E-state index contributed by atoms with van der Waals surface area (Å²) in [4.78, 5) is 2.07. The molecule has 0 aliphatic carbocycles. The molecule has 0 fully saturated rings. The SMILES string of the molecule is C=C(C)CN(CC)c1ccc(F)cc1[C@H](C)O. The van der Waals surface area contributed by atoms with Gasteiger partial charge < -0.3 is 10.0 Å². The van der Waals surface area contributed by atoms with E-state index in [-0.39, 0.29) is 5.82 Å². The topological polar surface area (TPSA) is 23.5 Å². The predicted molar refractivity (Wildman–Crippen MR) is 69.7 cm³/mol. The number of anilines is 1. The summed E-state index contributed by atoms with van der Waals surface area (Å²) in [6.45, 7) is 11.0. The van der Waals surface area contributed by atoms with Crippen molar-refractivity contribution in [3.8, 4) is 0 Å². The van der Waals surface area contributed by atoms with Crippen LogP contribution in [0.4, 0.5) is 10.1 Å². The van der Waals surface area contributed by atoms with E-state index in [1.807, 2.05) is 13.8 Å². The molecule has 2 nitrogen and oxygen atoms in total. The van der Waals surface area contributed by atoms with Crippen LogP contribution in [0.3, 0.4) is 0 Å². The third-order valence-electron chi connectivity index (χ3n) is 2.62. The Labute approximate surface area is 102 Å². The number of rotatable bonds is 5. The summed E-state index contributed by atoms with van der Waals surface area (Å²) in [6.07, 6.45) is -0.681. The number of nitrogens with zero attached hydrogens (tertiary/aromatic N) is 1. The van der Waals surface area contributed by atoms with E-state index in [2.05, 4.69) is 11.5 Å². The molecule has 94 valence electrons. The Balaban J connectivity index is 3.13. The maximum absolute atomic E-state index is 13.2. The molecule has 0 spiro atoms. The zero-order valence-electron chi connectivity index (χ0n) is 10.7. The zero-order chi connectivity index (χ0) is 13.0. The van der Waals surface area contributed by atoms with Crippen molar-refractivity contribution < 1.29 is 9.50 Å². The summed E-state index contributed by atoms with van der Waals surface area (Å²) in [6, 6.07) is 4.52. The van der Waals surface area contributed by atoms with Gasteiger partial charge in [0.25, 0.3) is 0 Å². The smallest absolute Gasteiger partial charge is 0.123 e. The minimum absolute atomic E-state index is 0.323. The fraction of sp³-hybridized carbons (Fsp3) is 0.429. The first-order valence-corrected chi connectivity index (χ1v) is 5.82. The summed E-state index contributed by atoms with van der Waals surface area (Å²) in [5.74, 6) is -0.323. The van der Waals surface area contributed by atoms with E-state index in [1.54, 1.807) is 13.0 Å². The number of hydrogen-bond acceptors (Lipinski definition) is 2. The van der Waals surface area contributed by atoms with Crippen LogP contribution >= 0.6 is 0 Å². The lowest BCUT2D eigenvalue weighted by molar-refractivity contribution is 0.199. The van der Waals surface area contributed by atoms with Crippen molar-refractivity contribution in [3.63, 3.8) is 0 Å². The number of halogens is 1. The zero-order valence-corrected chi connectivity index (χ0v) is 10.7. The van der Waals surface area contributed by atoms with Crippen LogP contribution < -0.4 is 4.90 Å². The molecule has 0 aliphatic heterocycles. The highest BCUT2D eigenvalue weighted by Gasteiger charge is 2.14. The maximum atomic E-state index is 13.2. The lowest BCUT2D eigenvalue weighted by Crippen LogP contribution is -2.26. The monoisotopic (exact) mass is 237 g/mol. The quantitative estimate of drug-likeness (QED) is 0.794. The van der Waals surface area contributed by atoms with Crippen LogP contribution in [0, 0.1) is 5.82 Å². The molecule has 1 atom stereocenters. The molecule has 1 rings (SSSR count). The molecule has 0 aliphatic rings. The maximum Gasteiger partial charge on any atom is 0.123 e. The van der Waals surface area contributed by atoms with Crippen molar-refractivity contribution in [2.24, 2.45) is 0 Å². The molecule has 0 saturated heterocycles. The molecule has 0 saturated carbocycles. The molecule has 0 bridgehead atoms. The Kier molecular flexibility index (Phi) is 4.70. The Hall–Kier alpha value is -1.35. The van der Waals surface area contributed by atoms with Gasteiger partial charge in [-0.15, -0.1) is 0 Å². The van der Waals surface area contributed by atoms with Gasteiger partial charge in [0.05, 0.1) is 6.10 Å². The van der Waals surface area contributed by atoms with Crippen LogP contribution in [0.1, 0.15) is 32.4 Å². The third kappa shape index (κ3) is 3.56. The van der Waals surface area contributed by atoms with E-state index in [4.69, 9.17) is 0 Å². The van der Waals surface area contributed by atoms with Crippen LogP contribution in [0.15, 0.2) is 30.4 Å². The van der Waals surface area contributed by atoms with E-state index in [0.29, 0.717) is 12.1 Å². The summed E-state index contributed by atoms with van der Waals surface area (Å²) in [5.41, 5.74) is 2.52. The van der Waals surface area contributed by atoms with Gasteiger partial charge in [-0.3, -0.25) is 0 Å². The molecule has 0 heterocycles. The van der Waals surface area contributed by atoms with Crippen LogP contribution in [0.25, 0.3) is 0 Å². The van der Waals surface area contributed by atoms with Crippen molar-refractivity contribution in [2.45, 2.75) is 26.9 Å². The summed E-state index contributed by atoms with van der Waals surface area (Å²) < 4.78 is 13.2. The lowest BCUT2D eigenvalue weighted by atomic mass is 10.1. The van der Waals surface area contributed by atoms with Crippen LogP contribution in [0.5, 0.6) is 0 Å². The summed E-state index contributed by atoms with van der Waals surface area (Å²) >= 11 is 0. The standard InChI is InChI=1S/C14H20FNO/c1-5-16(9-10(2)3)14-7-6-12(15)8-13(14)11(4)17/h6-8,11,17H,2,5,9H2,1,3-4H3/t11-/m0/s1. The Morgan fingerprint density at radius 2 is 2.18 bits per heavy atom. The number of aliphatic hydroxyl groups is 1. The minimum atomic E-state index is -0.681. The molecule has 0 radical (unpaired) electrons. The fourth-order valence-corrected chi connectivity index (χ4v) is 1.84. The number of aliphatic hydroxyl groups excluding tert-OH is 1. The Morgan fingerprint density at radius 3 is 2.65 bits per heavy atom. The minimum Gasteiger partial charge on any atom is -0.389 e. The van der Waals surface area contributed by atoms with Gasteiger partial charge in [0.2, 0.25) is 0 Å². The summed E-state index contributed by atoms with van der Waals surface area (Å²) in [7, 11) is 0. The number of benzene rings is 1. The third-order valence-corrected chi connectivity index (χ3v) is 2.62. The normalized spacial score (nSPS) is 12.3. The van der Waals surface area contributed by atoms with Gasteiger partial charge in [-0.2, -0.15) is 0 Å². The van der Waals surface area contributed by atoms with Crippen molar-refractivity contribution in [2.75, 3.05) is 18.0 Å². The van der Waals surface area contributed by atoms with Gasteiger partial charge in [0, 0.05) is 24.3 Å². The highest BCUT2D eigenvalue weighted by molar-refractivity contribution is 5.55. The first kappa shape index (κ1) is 13.7. The molecular formula is C14H20FNO. The summed E-state index contributed by atoms with van der Waals surface area (Å²) in [5, 5.41) is 9.69. The van der Waals surface area contributed by atoms with Gasteiger partial charge in [0.1, 0.15) is 5.82 Å². The van der Waals surface area contributed by atoms with Crippen LogP contribution in [-0.2, 0) is 0 Å². The van der Waals surface area contributed by atoms with Crippen LogP contribution in [-0.4, -0.2) is 18.2 Å². The van der Waals surface area contributed by atoms with E-state index in [9.17, 15) is 9.50 Å². The highest BCUT2D eigenvalue weighted by Crippen LogP contribution is 2.27. The van der Waals surface area contributed by atoms with Crippen molar-refractivity contribution >= 4 is 5.69 Å². The van der Waals surface area contributed by atoms with Crippen LogP contribution in [0.2, 0.25) is 0 Å². The Bertz CT molecular complexity index is 401. The van der Waals surface area contributed by atoms with Crippen molar-refractivity contribution in [1.82, 2.24) is 0 Å². The average Bonchev–Trinajstić information content (AvgIpc) is 2.25. The Morgan fingerprint density at radius 1 is 1.53 bits per heavy atom. The second-order valence-corrected chi connectivity index (χ2v) is 4.35. The van der Waals surface area contributed by atoms with E-state index >= 15 is 0 Å². The average molecular weight is 237 g/mol. The molecular weight excluding hydrogens is 217 g/mol. The molecule has 0 amide bonds. The largest absolute Gasteiger partial charge is 0.389 e. The van der Waals surface area contributed by atoms with Crippen molar-refractivity contribution in [3.05, 3.63) is 41.7 Å². The van der Waals surface area contributed by atoms with Gasteiger partial charge in [0.15, 0.2) is 0 Å². The predicted octanol–water partition coefficient (Wildman–Crippen LogP) is 3.28. The molecule has 0 aromatic heterocycles. The van der Waals surface area contributed by atoms with Gasteiger partial charge in [-0.05, 0) is 39.0 Å². The van der Waals surface area contributed by atoms with Gasteiger partial charge >= 0.3 is 0 Å². The molecule has 1 N–H and O–H groups in total. The first-order chi connectivity index (χ1) is 7.95. The van der Waals surface area contributed by atoms with E-state index in [0.717, 1.165) is 17.8 Å². The molecule has 0 unspecified atom stereocenters. The van der Waals surface area contributed by atoms with E-state index in [1.165, 1.54) is 12.1 Å². The van der Waals surface area contributed by atoms with Crippen molar-refractivity contribution in [1.29, 1.82) is 0 Å². The highest BCUT2D eigenvalue weighted by atomic mass is 19.1. The molecule has 1 aromatic rings. The molecule has 1 aromatic carbocycles. The second-order valence-electron chi connectivity index (χ2n) is 4.35.